The molecule has 0 aliphatic carbocycles. The molecule has 0 spiro atoms. The molecule has 0 saturated heterocycles. The molecule has 0 atom stereocenters. The van der Waals surface area contributed by atoms with Gasteiger partial charge in [-0.2, -0.15) is 0 Å². The summed E-state index contributed by atoms with van der Waals surface area (Å²) in [6, 6.07) is 39.1. The van der Waals surface area contributed by atoms with Crippen LogP contribution in [0, 0.1) is 0 Å². The molecule has 0 N–H and O–H groups in total. The van der Waals surface area contributed by atoms with Crippen LogP contribution >= 0.6 is 0 Å². The predicted molar refractivity (Wildman–Crippen MR) is 204 cm³/mol. The molecule has 2 aliphatic rings. The normalized spacial score (nSPS) is 15.4. The van der Waals surface area contributed by atoms with E-state index in [-0.39, 0.29) is 10.8 Å². The minimum absolute atomic E-state index is 0.144. The molecule has 50 heavy (non-hydrogen) atoms. The Morgan fingerprint density at radius 2 is 0.700 bits per heavy atom. The van der Waals surface area contributed by atoms with Crippen molar-refractivity contribution in [2.45, 2.75) is 38.5 Å². The Balaban J connectivity index is 1.20. The van der Waals surface area contributed by atoms with Crippen LogP contribution in [0.1, 0.15) is 49.9 Å². The fraction of sp³-hybridized carbons (Fsp3) is 0.136. The van der Waals surface area contributed by atoms with Gasteiger partial charge in [0.15, 0.2) is 0 Å². The van der Waals surface area contributed by atoms with Gasteiger partial charge in [0.1, 0.15) is 0 Å². The predicted octanol–water partition coefficient (Wildman–Crippen LogP) is 10.9. The highest BCUT2D eigenvalue weighted by molar-refractivity contribution is 6.21. The molecule has 3 aromatic heterocycles. The topological polar surface area (TPSA) is 58.0 Å². The summed E-state index contributed by atoms with van der Waals surface area (Å²) in [4.78, 5) is 24.8. The number of pyridine rings is 2. The second-order valence-corrected chi connectivity index (χ2v) is 14.4. The van der Waals surface area contributed by atoms with Crippen LogP contribution in [0.4, 0.5) is 34.1 Å². The summed E-state index contributed by atoms with van der Waals surface area (Å²) in [7, 11) is 0. The van der Waals surface area contributed by atoms with Gasteiger partial charge in [0.2, 0.25) is 0 Å². The molecular weight excluding hydrogens is 613 g/mol. The van der Waals surface area contributed by atoms with Crippen LogP contribution in [-0.2, 0) is 10.8 Å². The van der Waals surface area contributed by atoms with Gasteiger partial charge in [-0.15, -0.1) is 0 Å². The summed E-state index contributed by atoms with van der Waals surface area (Å²) in [6.07, 6.45) is 7.49. The van der Waals surface area contributed by atoms with Gasteiger partial charge in [0.05, 0.1) is 68.6 Å². The molecule has 5 aromatic carbocycles. The molecule has 240 valence electrons. The number of anilines is 6. The molecule has 0 fully saturated rings. The maximum atomic E-state index is 5.16. The molecular formula is C44H34N6. The van der Waals surface area contributed by atoms with Crippen molar-refractivity contribution in [3.05, 3.63) is 156 Å². The lowest BCUT2D eigenvalue weighted by molar-refractivity contribution is 0.631. The molecule has 8 aromatic rings. The third kappa shape index (κ3) is 3.84. The van der Waals surface area contributed by atoms with Gasteiger partial charge >= 0.3 is 0 Å². The van der Waals surface area contributed by atoms with Gasteiger partial charge in [0.25, 0.3) is 0 Å². The first-order valence-corrected chi connectivity index (χ1v) is 17.1. The van der Waals surface area contributed by atoms with Gasteiger partial charge in [0, 0.05) is 34.0 Å². The van der Waals surface area contributed by atoms with E-state index < -0.39 is 0 Å². The van der Waals surface area contributed by atoms with Crippen molar-refractivity contribution in [2.75, 3.05) is 9.80 Å². The Labute approximate surface area is 290 Å². The number of nitrogens with zero attached hydrogens (tertiary/aromatic N) is 6. The molecule has 2 aliphatic heterocycles. The van der Waals surface area contributed by atoms with Crippen molar-refractivity contribution in [3.8, 4) is 0 Å². The Kier molecular flexibility index (Phi) is 5.88. The number of aromatic nitrogens is 4. The van der Waals surface area contributed by atoms with E-state index >= 15 is 0 Å². The van der Waals surface area contributed by atoms with Crippen LogP contribution in [0.3, 0.4) is 0 Å². The summed E-state index contributed by atoms with van der Waals surface area (Å²) < 4.78 is 0. The van der Waals surface area contributed by atoms with Crippen LogP contribution in [0.25, 0.3) is 32.8 Å². The van der Waals surface area contributed by atoms with E-state index in [2.05, 4.69) is 147 Å². The number of hydrogen-bond acceptors (Lipinski definition) is 6. The van der Waals surface area contributed by atoms with Gasteiger partial charge in [-0.1, -0.05) is 100 Å². The van der Waals surface area contributed by atoms with Gasteiger partial charge in [-0.25, -0.2) is 0 Å². The Morgan fingerprint density at radius 1 is 0.400 bits per heavy atom. The number of rotatable bonds is 2. The van der Waals surface area contributed by atoms with Crippen molar-refractivity contribution >= 4 is 67.0 Å². The highest BCUT2D eigenvalue weighted by atomic mass is 15.2. The van der Waals surface area contributed by atoms with Gasteiger partial charge < -0.3 is 9.80 Å². The van der Waals surface area contributed by atoms with E-state index in [1.807, 2.05) is 12.4 Å². The fourth-order valence-corrected chi connectivity index (χ4v) is 8.52. The summed E-state index contributed by atoms with van der Waals surface area (Å²) in [5, 5.41) is 1.85. The Morgan fingerprint density at radius 3 is 1.04 bits per heavy atom. The lowest BCUT2D eigenvalue weighted by atomic mass is 9.73. The van der Waals surface area contributed by atoms with Crippen LogP contribution in [0.15, 0.2) is 134 Å². The van der Waals surface area contributed by atoms with E-state index in [0.717, 1.165) is 67.0 Å². The molecule has 0 amide bonds. The smallest absolute Gasteiger partial charge is 0.0989 e. The molecule has 6 heteroatoms. The van der Waals surface area contributed by atoms with Gasteiger partial charge in [-0.05, 0) is 58.7 Å². The standard InChI is InChI=1S/C44H34N6/c1-43(2)31-13-5-9-17-35(31)49(36-18-10-6-14-32(36)43)27-23-29-39-40(46-22-21-45-39)30-24-28(26-48-42(30)41(29)47-25-27)50-37-19-11-7-15-33(37)44(3,4)34-16-8-12-20-38(34)50/h5-26H,1-4H3. The van der Waals surface area contributed by atoms with Gasteiger partial charge in [-0.3, -0.25) is 19.9 Å². The average Bonchev–Trinajstić information content (AvgIpc) is 3.15. The zero-order valence-corrected chi connectivity index (χ0v) is 28.4. The average molecular weight is 647 g/mol. The van der Waals surface area contributed by atoms with E-state index in [4.69, 9.17) is 19.9 Å². The maximum absolute atomic E-state index is 5.16. The van der Waals surface area contributed by atoms with Crippen LogP contribution in [0.5, 0.6) is 0 Å². The third-order valence-electron chi connectivity index (χ3n) is 11.0. The molecule has 5 heterocycles. The molecule has 0 bridgehead atoms. The number of hydrogen-bond donors (Lipinski definition) is 0. The first-order valence-electron chi connectivity index (χ1n) is 17.1. The second-order valence-electron chi connectivity index (χ2n) is 14.4. The largest absolute Gasteiger partial charge is 0.308 e. The highest BCUT2D eigenvalue weighted by Gasteiger charge is 2.38. The zero-order valence-electron chi connectivity index (χ0n) is 28.4. The van der Waals surface area contributed by atoms with E-state index in [1.54, 1.807) is 12.4 Å². The molecule has 0 saturated carbocycles. The lowest BCUT2D eigenvalue weighted by Crippen LogP contribution is -2.30. The number of fused-ring (bicyclic) bond motifs is 10. The molecule has 0 radical (unpaired) electrons. The van der Waals surface area contributed by atoms with Crippen LogP contribution < -0.4 is 9.80 Å². The van der Waals surface area contributed by atoms with Crippen molar-refractivity contribution in [3.63, 3.8) is 0 Å². The first kappa shape index (κ1) is 28.8. The van der Waals surface area contributed by atoms with Crippen molar-refractivity contribution < 1.29 is 0 Å². The quantitative estimate of drug-likeness (QED) is 0.174. The maximum Gasteiger partial charge on any atom is 0.0989 e. The van der Waals surface area contributed by atoms with Crippen molar-refractivity contribution in [1.82, 2.24) is 19.9 Å². The van der Waals surface area contributed by atoms with E-state index in [1.165, 1.54) is 22.3 Å². The number of benzene rings is 5. The zero-order chi connectivity index (χ0) is 33.8. The van der Waals surface area contributed by atoms with Crippen LogP contribution in [-0.4, -0.2) is 19.9 Å². The Bertz CT molecular complexity index is 2390. The third-order valence-corrected chi connectivity index (χ3v) is 11.0. The SMILES string of the molecule is CC1(C)c2ccccc2N(c2cnc3c(c2)c2nccnc2c2cc(N4c5ccccc5C(C)(C)c5ccccc54)cnc23)c2ccccc21. The number of para-hydroxylation sites is 4. The summed E-state index contributed by atoms with van der Waals surface area (Å²) in [6.45, 7) is 9.21. The molecule has 6 nitrogen and oxygen atoms in total. The first-order chi connectivity index (χ1) is 24.3. The summed E-state index contributed by atoms with van der Waals surface area (Å²) in [5.74, 6) is 0. The van der Waals surface area contributed by atoms with E-state index in [9.17, 15) is 0 Å². The second kappa shape index (κ2) is 10.2. The van der Waals surface area contributed by atoms with Crippen LogP contribution in [0.2, 0.25) is 0 Å². The molecule has 10 rings (SSSR count). The molecule has 0 unspecified atom stereocenters. The summed E-state index contributed by atoms with van der Waals surface area (Å²) >= 11 is 0. The van der Waals surface area contributed by atoms with E-state index in [0.29, 0.717) is 0 Å². The highest BCUT2D eigenvalue weighted by Crippen LogP contribution is 2.53. The monoisotopic (exact) mass is 646 g/mol. The van der Waals surface area contributed by atoms with Crippen molar-refractivity contribution in [2.24, 2.45) is 0 Å². The van der Waals surface area contributed by atoms with Crippen molar-refractivity contribution in [1.29, 1.82) is 0 Å². The Hall–Kier alpha value is -6.14. The summed E-state index contributed by atoms with van der Waals surface area (Å²) in [5.41, 5.74) is 14.6. The lowest BCUT2D eigenvalue weighted by Gasteiger charge is -2.42. The fourth-order valence-electron chi connectivity index (χ4n) is 8.52. The minimum Gasteiger partial charge on any atom is -0.308 e. The minimum atomic E-state index is -0.144.